The van der Waals surface area contributed by atoms with Crippen LogP contribution in [0, 0.1) is 0 Å². The molecule has 1 aromatic heterocycles. The van der Waals surface area contributed by atoms with Crippen LogP contribution in [-0.2, 0) is 11.2 Å². The predicted molar refractivity (Wildman–Crippen MR) is 47.8 cm³/mol. The number of pyridine rings is 1. The molecule has 13 heavy (non-hydrogen) atoms. The highest BCUT2D eigenvalue weighted by Gasteiger charge is 2.27. The molecule has 0 aliphatic heterocycles. The lowest BCUT2D eigenvalue weighted by atomic mass is 9.97. The van der Waals surface area contributed by atoms with Crippen molar-refractivity contribution in [3.05, 3.63) is 30.1 Å². The molecule has 1 amide bonds. The molecule has 1 aromatic rings. The number of hydrogen-bond acceptors (Lipinski definition) is 3. The molecule has 0 aromatic carbocycles. The van der Waals surface area contributed by atoms with E-state index in [0.717, 1.165) is 5.56 Å². The molecular weight excluding hydrogens is 168 g/mol. The third-order valence-electron chi connectivity index (χ3n) is 1.80. The molecule has 1 heterocycles. The third kappa shape index (κ3) is 2.52. The van der Waals surface area contributed by atoms with Gasteiger partial charge < -0.3 is 10.8 Å². The lowest BCUT2D eigenvalue weighted by Crippen LogP contribution is -2.42. The molecule has 1 rings (SSSR count). The minimum Gasteiger partial charge on any atom is -0.380 e. The zero-order valence-electron chi connectivity index (χ0n) is 7.40. The van der Waals surface area contributed by atoms with E-state index >= 15 is 0 Å². The minimum absolute atomic E-state index is 0.191. The highest BCUT2D eigenvalue weighted by molar-refractivity contribution is 5.82. The summed E-state index contributed by atoms with van der Waals surface area (Å²) in [7, 11) is 0. The van der Waals surface area contributed by atoms with Crippen LogP contribution in [0.25, 0.3) is 0 Å². The summed E-state index contributed by atoms with van der Waals surface area (Å²) in [4.78, 5) is 14.6. The Hall–Kier alpha value is -1.42. The molecule has 4 heteroatoms. The van der Waals surface area contributed by atoms with Gasteiger partial charge in [-0.15, -0.1) is 0 Å². The number of hydrogen-bond donors (Lipinski definition) is 2. The normalized spacial score (nSPS) is 14.9. The number of primary amides is 1. The zero-order valence-corrected chi connectivity index (χ0v) is 7.40. The van der Waals surface area contributed by atoms with Crippen molar-refractivity contribution in [2.24, 2.45) is 5.73 Å². The van der Waals surface area contributed by atoms with Crippen LogP contribution >= 0.6 is 0 Å². The lowest BCUT2D eigenvalue weighted by Gasteiger charge is -2.18. The molecule has 0 saturated heterocycles. The molecule has 70 valence electrons. The van der Waals surface area contributed by atoms with Gasteiger partial charge in [0.25, 0.3) is 0 Å². The highest BCUT2D eigenvalue weighted by atomic mass is 16.3. The van der Waals surface area contributed by atoms with Crippen LogP contribution in [0.3, 0.4) is 0 Å². The molecule has 4 nitrogen and oxygen atoms in total. The Morgan fingerprint density at radius 1 is 1.77 bits per heavy atom. The average molecular weight is 180 g/mol. The summed E-state index contributed by atoms with van der Waals surface area (Å²) >= 11 is 0. The number of rotatable bonds is 3. The van der Waals surface area contributed by atoms with Gasteiger partial charge in [0, 0.05) is 18.8 Å². The fourth-order valence-electron chi connectivity index (χ4n) is 0.987. The van der Waals surface area contributed by atoms with E-state index in [-0.39, 0.29) is 6.42 Å². The first-order valence-corrected chi connectivity index (χ1v) is 3.93. The van der Waals surface area contributed by atoms with Crippen LogP contribution in [-0.4, -0.2) is 21.6 Å². The number of aliphatic hydroxyl groups is 1. The molecule has 0 radical (unpaired) electrons. The minimum atomic E-state index is -1.50. The molecular formula is C9H12N2O2. The molecule has 0 aliphatic rings. The Morgan fingerprint density at radius 3 is 2.92 bits per heavy atom. The summed E-state index contributed by atoms with van der Waals surface area (Å²) in [5.41, 5.74) is 4.30. The topological polar surface area (TPSA) is 76.2 Å². The van der Waals surface area contributed by atoms with Gasteiger partial charge in [0.05, 0.1) is 0 Å². The molecule has 0 bridgehead atoms. The maximum Gasteiger partial charge on any atom is 0.249 e. The maximum atomic E-state index is 10.8. The number of nitrogens with two attached hydrogens (primary N) is 1. The first kappa shape index (κ1) is 9.67. The smallest absolute Gasteiger partial charge is 0.249 e. The zero-order chi connectivity index (χ0) is 9.90. The number of amides is 1. The van der Waals surface area contributed by atoms with Crippen LogP contribution in [0.5, 0.6) is 0 Å². The summed E-state index contributed by atoms with van der Waals surface area (Å²) < 4.78 is 0. The lowest BCUT2D eigenvalue weighted by molar-refractivity contribution is -0.134. The van der Waals surface area contributed by atoms with Gasteiger partial charge in [-0.1, -0.05) is 6.07 Å². The van der Waals surface area contributed by atoms with Gasteiger partial charge in [0.2, 0.25) is 5.91 Å². The van der Waals surface area contributed by atoms with E-state index in [1.165, 1.54) is 6.92 Å². The Kier molecular flexibility index (Phi) is 2.63. The molecule has 0 spiro atoms. The van der Waals surface area contributed by atoms with Gasteiger partial charge >= 0.3 is 0 Å². The van der Waals surface area contributed by atoms with Crippen molar-refractivity contribution < 1.29 is 9.90 Å². The second-order valence-electron chi connectivity index (χ2n) is 3.18. The Bertz CT molecular complexity index is 296. The van der Waals surface area contributed by atoms with E-state index in [1.54, 1.807) is 24.5 Å². The number of aromatic nitrogens is 1. The van der Waals surface area contributed by atoms with E-state index in [1.807, 2.05) is 0 Å². The van der Waals surface area contributed by atoms with Crippen LogP contribution < -0.4 is 5.73 Å². The molecule has 0 aliphatic carbocycles. The van der Waals surface area contributed by atoms with Gasteiger partial charge in [0.15, 0.2) is 0 Å². The first-order chi connectivity index (χ1) is 6.02. The standard InChI is InChI=1S/C9H12N2O2/c1-9(13,8(10)12)5-7-3-2-4-11-6-7/h2-4,6,13H,5H2,1H3,(H2,10,12). The van der Waals surface area contributed by atoms with Gasteiger partial charge in [-0.05, 0) is 18.6 Å². The molecule has 1 unspecified atom stereocenters. The van der Waals surface area contributed by atoms with Gasteiger partial charge in [-0.25, -0.2) is 0 Å². The Morgan fingerprint density at radius 2 is 2.46 bits per heavy atom. The monoisotopic (exact) mass is 180 g/mol. The summed E-state index contributed by atoms with van der Waals surface area (Å²) in [5, 5.41) is 9.54. The summed E-state index contributed by atoms with van der Waals surface area (Å²) in [5.74, 6) is -0.726. The van der Waals surface area contributed by atoms with E-state index in [4.69, 9.17) is 5.73 Å². The number of carbonyl (C=O) groups excluding carboxylic acids is 1. The summed E-state index contributed by atoms with van der Waals surface area (Å²) in [6, 6.07) is 3.52. The van der Waals surface area contributed by atoms with E-state index in [9.17, 15) is 9.90 Å². The number of nitrogens with zero attached hydrogens (tertiary/aromatic N) is 1. The Labute approximate surface area is 76.4 Å². The molecule has 3 N–H and O–H groups in total. The Balaban J connectivity index is 2.75. The first-order valence-electron chi connectivity index (χ1n) is 3.93. The van der Waals surface area contributed by atoms with Crippen molar-refractivity contribution in [2.45, 2.75) is 18.9 Å². The van der Waals surface area contributed by atoms with Crippen molar-refractivity contribution in [1.82, 2.24) is 4.98 Å². The van der Waals surface area contributed by atoms with Crippen LogP contribution in [0.15, 0.2) is 24.5 Å². The fourth-order valence-corrected chi connectivity index (χ4v) is 0.987. The van der Waals surface area contributed by atoms with Crippen molar-refractivity contribution in [1.29, 1.82) is 0 Å². The van der Waals surface area contributed by atoms with Crippen molar-refractivity contribution >= 4 is 5.91 Å². The van der Waals surface area contributed by atoms with E-state index in [2.05, 4.69) is 4.98 Å². The average Bonchev–Trinajstić information content (AvgIpc) is 2.05. The largest absolute Gasteiger partial charge is 0.380 e. The summed E-state index contributed by atoms with van der Waals surface area (Å²) in [6.07, 6.45) is 3.41. The molecule has 1 atom stereocenters. The van der Waals surface area contributed by atoms with Crippen molar-refractivity contribution in [3.8, 4) is 0 Å². The highest BCUT2D eigenvalue weighted by Crippen LogP contribution is 2.10. The van der Waals surface area contributed by atoms with Crippen LogP contribution in [0.1, 0.15) is 12.5 Å². The van der Waals surface area contributed by atoms with Crippen molar-refractivity contribution in [2.75, 3.05) is 0 Å². The molecule has 0 saturated carbocycles. The third-order valence-corrected chi connectivity index (χ3v) is 1.80. The predicted octanol–water partition coefficient (Wildman–Crippen LogP) is -0.140. The van der Waals surface area contributed by atoms with Crippen LogP contribution in [0.2, 0.25) is 0 Å². The van der Waals surface area contributed by atoms with Crippen LogP contribution in [0.4, 0.5) is 0 Å². The quantitative estimate of drug-likeness (QED) is 0.679. The number of carbonyl (C=O) groups is 1. The summed E-state index contributed by atoms with van der Waals surface area (Å²) in [6.45, 7) is 1.39. The van der Waals surface area contributed by atoms with Gasteiger partial charge in [0.1, 0.15) is 5.60 Å². The SMILES string of the molecule is CC(O)(Cc1cccnc1)C(N)=O. The molecule has 0 fully saturated rings. The second-order valence-corrected chi connectivity index (χ2v) is 3.18. The van der Waals surface area contributed by atoms with Gasteiger partial charge in [-0.3, -0.25) is 9.78 Å². The van der Waals surface area contributed by atoms with E-state index < -0.39 is 11.5 Å². The fraction of sp³-hybridized carbons (Fsp3) is 0.333. The van der Waals surface area contributed by atoms with Crippen molar-refractivity contribution in [3.63, 3.8) is 0 Å². The maximum absolute atomic E-state index is 10.8. The second kappa shape index (κ2) is 3.53. The van der Waals surface area contributed by atoms with E-state index in [0.29, 0.717) is 0 Å². The van der Waals surface area contributed by atoms with Gasteiger partial charge in [-0.2, -0.15) is 0 Å².